The van der Waals surface area contributed by atoms with Gasteiger partial charge in [0.05, 0.1) is 0 Å². The van der Waals surface area contributed by atoms with Gasteiger partial charge in [0.25, 0.3) is 0 Å². The summed E-state index contributed by atoms with van der Waals surface area (Å²) < 4.78 is 0. The van der Waals surface area contributed by atoms with Crippen molar-refractivity contribution in [1.29, 1.82) is 0 Å². The summed E-state index contributed by atoms with van der Waals surface area (Å²) >= 11 is 1.85. The second-order valence-electron chi connectivity index (χ2n) is 4.88. The van der Waals surface area contributed by atoms with Gasteiger partial charge in [-0.25, -0.2) is 0 Å². The third-order valence-corrected chi connectivity index (χ3v) is 4.24. The van der Waals surface area contributed by atoms with E-state index >= 15 is 0 Å². The molecular formula is C18H21NOS. The number of hydrogen-bond donors (Lipinski definition) is 1. The van der Waals surface area contributed by atoms with Gasteiger partial charge in [-0.2, -0.15) is 0 Å². The molecule has 0 aliphatic heterocycles. The molecule has 0 aliphatic carbocycles. The van der Waals surface area contributed by atoms with Crippen LogP contribution in [0.4, 0.5) is 0 Å². The molecule has 2 nitrogen and oxygen atoms in total. The van der Waals surface area contributed by atoms with Crippen molar-refractivity contribution in [2.75, 3.05) is 5.75 Å². The number of carbonyl (C=O) groups excluding carboxylic acids is 1. The second kappa shape index (κ2) is 9.24. The van der Waals surface area contributed by atoms with Crippen molar-refractivity contribution in [1.82, 2.24) is 5.32 Å². The molecule has 2 aromatic rings. The average Bonchev–Trinajstić information content (AvgIpc) is 2.54. The molecule has 0 saturated heterocycles. The van der Waals surface area contributed by atoms with E-state index in [1.165, 1.54) is 4.90 Å². The Morgan fingerprint density at radius 3 is 2.29 bits per heavy atom. The summed E-state index contributed by atoms with van der Waals surface area (Å²) in [5.74, 6) is 1.21. The number of unbranched alkanes of at least 4 members (excludes halogenated alkanes) is 1. The summed E-state index contributed by atoms with van der Waals surface area (Å²) in [6.45, 7) is 0.623. The third-order valence-electron chi connectivity index (χ3n) is 3.14. The van der Waals surface area contributed by atoms with Crippen molar-refractivity contribution in [2.24, 2.45) is 0 Å². The lowest BCUT2D eigenvalue weighted by Gasteiger charge is -2.05. The van der Waals surface area contributed by atoms with Crippen molar-refractivity contribution < 1.29 is 4.79 Å². The van der Waals surface area contributed by atoms with Crippen molar-refractivity contribution in [2.45, 2.75) is 30.7 Å². The van der Waals surface area contributed by atoms with E-state index in [-0.39, 0.29) is 5.91 Å². The van der Waals surface area contributed by atoms with Crippen LogP contribution in [0.2, 0.25) is 0 Å². The molecule has 3 heteroatoms. The highest BCUT2D eigenvalue weighted by atomic mass is 32.2. The highest BCUT2D eigenvalue weighted by molar-refractivity contribution is 7.99. The van der Waals surface area contributed by atoms with Crippen LogP contribution < -0.4 is 5.32 Å². The van der Waals surface area contributed by atoms with Gasteiger partial charge in [0.15, 0.2) is 0 Å². The van der Waals surface area contributed by atoms with Gasteiger partial charge in [0.1, 0.15) is 0 Å². The van der Waals surface area contributed by atoms with Crippen LogP contribution in [-0.4, -0.2) is 11.7 Å². The summed E-state index contributed by atoms with van der Waals surface area (Å²) in [4.78, 5) is 13.0. The first-order valence-electron chi connectivity index (χ1n) is 7.33. The first-order chi connectivity index (χ1) is 10.3. The fraction of sp³-hybridized carbons (Fsp3) is 0.278. The van der Waals surface area contributed by atoms with Crippen LogP contribution in [0, 0.1) is 0 Å². The van der Waals surface area contributed by atoms with Crippen LogP contribution in [0.25, 0.3) is 0 Å². The van der Waals surface area contributed by atoms with Gasteiger partial charge in [-0.15, -0.1) is 11.8 Å². The van der Waals surface area contributed by atoms with Crippen LogP contribution in [0.3, 0.4) is 0 Å². The first kappa shape index (κ1) is 15.6. The Morgan fingerprint density at radius 1 is 0.905 bits per heavy atom. The molecule has 1 amide bonds. The number of carbonyl (C=O) groups is 1. The maximum Gasteiger partial charge on any atom is 0.220 e. The molecule has 0 aliphatic rings. The number of rotatable bonds is 8. The fourth-order valence-electron chi connectivity index (χ4n) is 1.98. The van der Waals surface area contributed by atoms with Gasteiger partial charge >= 0.3 is 0 Å². The van der Waals surface area contributed by atoms with Crippen LogP contribution in [0.1, 0.15) is 24.8 Å². The maximum atomic E-state index is 11.7. The molecule has 2 rings (SSSR count). The topological polar surface area (TPSA) is 29.1 Å². The highest BCUT2D eigenvalue weighted by Gasteiger charge is 2.01. The Labute approximate surface area is 131 Å². The molecular weight excluding hydrogens is 278 g/mol. The van der Waals surface area contributed by atoms with Gasteiger partial charge in [-0.1, -0.05) is 48.5 Å². The normalized spacial score (nSPS) is 10.3. The summed E-state index contributed by atoms with van der Waals surface area (Å²) in [5, 5.41) is 2.96. The third kappa shape index (κ3) is 6.50. The Hall–Kier alpha value is -1.74. The number of nitrogens with one attached hydrogen (secondary N) is 1. The molecule has 0 bridgehead atoms. The Kier molecular flexibility index (Phi) is 6.89. The standard InChI is InChI=1S/C18H21NOS/c20-18(19-15-16-9-3-1-4-10-16)13-7-8-14-21-17-11-5-2-6-12-17/h1-6,9-12H,7-8,13-15H2,(H,19,20). The SMILES string of the molecule is O=C(CCCCSc1ccccc1)NCc1ccccc1. The predicted octanol–water partition coefficient (Wildman–Crippen LogP) is 4.27. The first-order valence-corrected chi connectivity index (χ1v) is 8.31. The lowest BCUT2D eigenvalue weighted by atomic mass is 10.2. The fourth-order valence-corrected chi connectivity index (χ4v) is 2.91. The molecule has 1 N–H and O–H groups in total. The largest absolute Gasteiger partial charge is 0.352 e. The molecule has 0 heterocycles. The zero-order chi connectivity index (χ0) is 14.8. The molecule has 110 valence electrons. The molecule has 2 aromatic carbocycles. The Bertz CT molecular complexity index is 527. The summed E-state index contributed by atoms with van der Waals surface area (Å²) in [6, 6.07) is 20.4. The molecule has 0 unspecified atom stereocenters. The summed E-state index contributed by atoms with van der Waals surface area (Å²) in [5.41, 5.74) is 1.14. The quantitative estimate of drug-likeness (QED) is 0.583. The molecule has 21 heavy (non-hydrogen) atoms. The van der Waals surface area contributed by atoms with Gasteiger partial charge in [0, 0.05) is 17.9 Å². The Morgan fingerprint density at radius 2 is 1.57 bits per heavy atom. The van der Waals surface area contributed by atoms with Crippen molar-refractivity contribution in [3.63, 3.8) is 0 Å². The van der Waals surface area contributed by atoms with E-state index in [1.807, 2.05) is 48.2 Å². The second-order valence-corrected chi connectivity index (χ2v) is 6.05. The average molecular weight is 299 g/mol. The smallest absolute Gasteiger partial charge is 0.220 e. The monoisotopic (exact) mass is 299 g/mol. The minimum atomic E-state index is 0.142. The lowest BCUT2D eigenvalue weighted by Crippen LogP contribution is -2.22. The van der Waals surface area contributed by atoms with Crippen molar-refractivity contribution in [3.8, 4) is 0 Å². The van der Waals surface area contributed by atoms with E-state index in [4.69, 9.17) is 0 Å². The number of hydrogen-bond acceptors (Lipinski definition) is 2. The van der Waals surface area contributed by atoms with Gasteiger partial charge < -0.3 is 5.32 Å². The van der Waals surface area contributed by atoms with E-state index in [1.54, 1.807) is 0 Å². The summed E-state index contributed by atoms with van der Waals surface area (Å²) in [7, 11) is 0. The predicted molar refractivity (Wildman–Crippen MR) is 89.3 cm³/mol. The minimum absolute atomic E-state index is 0.142. The molecule has 0 fully saturated rings. The van der Waals surface area contributed by atoms with E-state index in [9.17, 15) is 4.79 Å². The van der Waals surface area contributed by atoms with Gasteiger partial charge in [-0.05, 0) is 36.3 Å². The number of amides is 1. The maximum absolute atomic E-state index is 11.7. The Balaban J connectivity index is 1.53. The van der Waals surface area contributed by atoms with E-state index in [0.29, 0.717) is 13.0 Å². The van der Waals surface area contributed by atoms with Crippen molar-refractivity contribution in [3.05, 3.63) is 66.2 Å². The highest BCUT2D eigenvalue weighted by Crippen LogP contribution is 2.18. The summed E-state index contributed by atoms with van der Waals surface area (Å²) in [6.07, 6.45) is 2.63. The van der Waals surface area contributed by atoms with Crippen LogP contribution in [0.5, 0.6) is 0 Å². The van der Waals surface area contributed by atoms with E-state index in [0.717, 1.165) is 24.2 Å². The van der Waals surface area contributed by atoms with Crippen LogP contribution >= 0.6 is 11.8 Å². The molecule has 0 spiro atoms. The van der Waals surface area contributed by atoms with E-state index in [2.05, 4.69) is 29.6 Å². The molecule has 0 atom stereocenters. The minimum Gasteiger partial charge on any atom is -0.352 e. The molecule has 0 aromatic heterocycles. The van der Waals surface area contributed by atoms with Crippen LogP contribution in [0.15, 0.2) is 65.6 Å². The van der Waals surface area contributed by atoms with Gasteiger partial charge in [-0.3, -0.25) is 4.79 Å². The van der Waals surface area contributed by atoms with E-state index < -0.39 is 0 Å². The van der Waals surface area contributed by atoms with Gasteiger partial charge in [0.2, 0.25) is 5.91 Å². The molecule has 0 radical (unpaired) electrons. The zero-order valence-corrected chi connectivity index (χ0v) is 12.9. The lowest BCUT2D eigenvalue weighted by molar-refractivity contribution is -0.121. The number of benzene rings is 2. The zero-order valence-electron chi connectivity index (χ0n) is 12.1. The van der Waals surface area contributed by atoms with Crippen molar-refractivity contribution >= 4 is 17.7 Å². The number of thioether (sulfide) groups is 1. The molecule has 0 saturated carbocycles. The van der Waals surface area contributed by atoms with Crippen LogP contribution in [-0.2, 0) is 11.3 Å².